The Hall–Kier alpha value is -4.03. The number of halogens is 4. The first-order valence-electron chi connectivity index (χ1n) is 10.3. The first-order valence-corrected chi connectivity index (χ1v) is 10.3. The number of aryl methyl sites for hydroxylation is 1. The summed E-state index contributed by atoms with van der Waals surface area (Å²) < 4.78 is 70.6. The van der Waals surface area contributed by atoms with Gasteiger partial charge in [-0.05, 0) is 31.6 Å². The first-order chi connectivity index (χ1) is 16.4. The summed E-state index contributed by atoms with van der Waals surface area (Å²) in [6.45, 7) is 3.22. The van der Waals surface area contributed by atoms with Gasteiger partial charge in [0.25, 0.3) is 5.56 Å². The second kappa shape index (κ2) is 10.1. The Morgan fingerprint density at radius 3 is 2.57 bits per heavy atom. The Labute approximate surface area is 195 Å². The van der Waals surface area contributed by atoms with Crippen LogP contribution in [0.5, 0.6) is 5.75 Å². The van der Waals surface area contributed by atoms with Crippen molar-refractivity contribution in [2.75, 3.05) is 19.8 Å². The van der Waals surface area contributed by atoms with Crippen molar-refractivity contribution in [1.29, 1.82) is 0 Å². The maximum absolute atomic E-state index is 14.8. The molecule has 188 valence electrons. The number of allylic oxidation sites excluding steroid dienone is 1. The van der Waals surface area contributed by atoms with Crippen LogP contribution in [-0.2, 0) is 27.5 Å². The molecule has 1 aromatic heterocycles. The van der Waals surface area contributed by atoms with E-state index in [1.54, 1.807) is 13.0 Å². The van der Waals surface area contributed by atoms with E-state index < -0.39 is 47.2 Å². The quantitative estimate of drug-likeness (QED) is 0.461. The summed E-state index contributed by atoms with van der Waals surface area (Å²) in [7, 11) is 0.821. The van der Waals surface area contributed by atoms with E-state index in [1.165, 1.54) is 13.0 Å². The highest BCUT2D eigenvalue weighted by atomic mass is 19.4. The van der Waals surface area contributed by atoms with Gasteiger partial charge in [-0.15, -0.1) is 0 Å². The zero-order valence-corrected chi connectivity index (χ0v) is 18.9. The largest absolute Gasteiger partial charge is 0.465 e. The summed E-state index contributed by atoms with van der Waals surface area (Å²) in [6.07, 6.45) is -1.77. The van der Waals surface area contributed by atoms with Crippen LogP contribution in [0.4, 0.5) is 17.6 Å². The SMILES string of the molecule is CCOC(=O)COC1=C(Oc2cc(-n3c(=O)cc(C(F)(F)F)n(C)c3=O)c(F)cc2C)C=CCN1. The summed E-state index contributed by atoms with van der Waals surface area (Å²) in [5, 5.41) is 2.86. The van der Waals surface area contributed by atoms with Gasteiger partial charge < -0.3 is 19.5 Å². The number of nitrogens with one attached hydrogen (secondary N) is 1. The van der Waals surface area contributed by atoms with Crippen molar-refractivity contribution in [1.82, 2.24) is 14.5 Å². The van der Waals surface area contributed by atoms with Crippen LogP contribution in [0.2, 0.25) is 0 Å². The van der Waals surface area contributed by atoms with Crippen LogP contribution in [0.3, 0.4) is 0 Å². The lowest BCUT2D eigenvalue weighted by molar-refractivity contribution is -0.147. The molecule has 2 heterocycles. The lowest BCUT2D eigenvalue weighted by atomic mass is 10.2. The molecule has 0 aliphatic carbocycles. The Balaban J connectivity index is 2.04. The highest BCUT2D eigenvalue weighted by molar-refractivity contribution is 5.70. The van der Waals surface area contributed by atoms with Crippen molar-refractivity contribution < 1.29 is 36.6 Å². The van der Waals surface area contributed by atoms with Crippen LogP contribution >= 0.6 is 0 Å². The third-order valence-electron chi connectivity index (χ3n) is 4.83. The van der Waals surface area contributed by atoms with Gasteiger partial charge in [-0.3, -0.25) is 9.36 Å². The molecule has 9 nitrogen and oxygen atoms in total. The fourth-order valence-electron chi connectivity index (χ4n) is 3.18. The van der Waals surface area contributed by atoms with E-state index in [4.69, 9.17) is 14.2 Å². The maximum Gasteiger partial charge on any atom is 0.431 e. The van der Waals surface area contributed by atoms with Crippen LogP contribution in [-0.4, -0.2) is 34.9 Å². The molecule has 0 unspecified atom stereocenters. The smallest absolute Gasteiger partial charge is 0.431 e. The number of carbonyl (C=O) groups excluding carboxylic acids is 1. The zero-order valence-electron chi connectivity index (χ0n) is 18.9. The zero-order chi connectivity index (χ0) is 25.9. The molecule has 0 spiro atoms. The predicted molar refractivity (Wildman–Crippen MR) is 114 cm³/mol. The molecule has 3 rings (SSSR count). The molecule has 2 aromatic rings. The summed E-state index contributed by atoms with van der Waals surface area (Å²) in [5.74, 6) is -1.49. The van der Waals surface area contributed by atoms with Gasteiger partial charge in [0.2, 0.25) is 5.88 Å². The standard InChI is InChI=1S/C22H21F4N3O6/c1-4-33-19(31)11-34-20-15(6-5-7-27-20)35-16-9-14(13(23)8-12(16)2)29-18(30)10-17(22(24,25)26)28(3)21(29)32/h5-6,8-10,27H,4,7,11H2,1-3H3. The topological polar surface area (TPSA) is 101 Å². The number of carbonyl (C=O) groups is 1. The Morgan fingerprint density at radius 2 is 1.91 bits per heavy atom. The van der Waals surface area contributed by atoms with Gasteiger partial charge in [0.05, 0.1) is 12.3 Å². The Bertz CT molecular complexity index is 1320. The average molecular weight is 499 g/mol. The van der Waals surface area contributed by atoms with Crippen LogP contribution < -0.4 is 21.3 Å². The molecule has 1 aliphatic heterocycles. The number of benzene rings is 1. The second-order valence-corrected chi connectivity index (χ2v) is 7.28. The van der Waals surface area contributed by atoms with Crippen molar-refractivity contribution in [3.05, 3.63) is 79.9 Å². The lowest BCUT2D eigenvalue weighted by Gasteiger charge is -2.20. The minimum Gasteiger partial charge on any atom is -0.465 e. The molecule has 0 atom stereocenters. The van der Waals surface area contributed by atoms with E-state index >= 15 is 0 Å². The van der Waals surface area contributed by atoms with Crippen LogP contribution in [0, 0.1) is 12.7 Å². The molecule has 0 amide bonds. The second-order valence-electron chi connectivity index (χ2n) is 7.28. The fraction of sp³-hybridized carbons (Fsp3) is 0.318. The van der Waals surface area contributed by atoms with E-state index in [2.05, 4.69) is 5.32 Å². The maximum atomic E-state index is 14.8. The summed E-state index contributed by atoms with van der Waals surface area (Å²) >= 11 is 0. The average Bonchev–Trinajstić information content (AvgIpc) is 2.78. The van der Waals surface area contributed by atoms with E-state index in [0.29, 0.717) is 6.54 Å². The van der Waals surface area contributed by atoms with E-state index in [-0.39, 0.29) is 44.8 Å². The highest BCUT2D eigenvalue weighted by Crippen LogP contribution is 2.29. The highest BCUT2D eigenvalue weighted by Gasteiger charge is 2.35. The molecule has 1 aliphatic rings. The van der Waals surface area contributed by atoms with E-state index in [1.807, 2.05) is 0 Å². The number of esters is 1. The van der Waals surface area contributed by atoms with Crippen molar-refractivity contribution >= 4 is 5.97 Å². The van der Waals surface area contributed by atoms with Crippen molar-refractivity contribution in [2.24, 2.45) is 7.05 Å². The Morgan fingerprint density at radius 1 is 1.20 bits per heavy atom. The third kappa shape index (κ3) is 5.55. The van der Waals surface area contributed by atoms with Gasteiger partial charge in [-0.1, -0.05) is 6.08 Å². The van der Waals surface area contributed by atoms with Crippen molar-refractivity contribution in [3.63, 3.8) is 0 Å². The summed E-state index contributed by atoms with van der Waals surface area (Å²) in [4.78, 5) is 36.6. The summed E-state index contributed by atoms with van der Waals surface area (Å²) in [6, 6.07) is 2.19. The van der Waals surface area contributed by atoms with Gasteiger partial charge >= 0.3 is 17.8 Å². The molecule has 0 saturated carbocycles. The molecular weight excluding hydrogens is 478 g/mol. The third-order valence-corrected chi connectivity index (χ3v) is 4.83. The number of ether oxygens (including phenoxy) is 3. The monoisotopic (exact) mass is 499 g/mol. The minimum atomic E-state index is -4.96. The number of aromatic nitrogens is 2. The fourth-order valence-corrected chi connectivity index (χ4v) is 3.18. The molecule has 0 radical (unpaired) electrons. The van der Waals surface area contributed by atoms with E-state index in [9.17, 15) is 31.9 Å². The first kappa shape index (κ1) is 25.6. The van der Waals surface area contributed by atoms with Crippen molar-refractivity contribution in [2.45, 2.75) is 20.0 Å². The number of hydrogen-bond donors (Lipinski definition) is 1. The molecule has 0 fully saturated rings. The van der Waals surface area contributed by atoms with Gasteiger partial charge in [-0.2, -0.15) is 13.2 Å². The molecule has 35 heavy (non-hydrogen) atoms. The minimum absolute atomic E-state index is 0.0177. The van der Waals surface area contributed by atoms with Crippen LogP contribution in [0.25, 0.3) is 5.69 Å². The molecule has 0 saturated heterocycles. The molecule has 0 bridgehead atoms. The van der Waals surface area contributed by atoms with Gasteiger partial charge in [0, 0.05) is 25.7 Å². The lowest BCUT2D eigenvalue weighted by Crippen LogP contribution is -2.41. The number of alkyl halides is 3. The van der Waals surface area contributed by atoms with Gasteiger partial charge in [0.1, 0.15) is 17.3 Å². The van der Waals surface area contributed by atoms with Crippen LogP contribution in [0.15, 0.2) is 51.6 Å². The Kier molecular flexibility index (Phi) is 7.37. The number of dihydropyridines is 1. The van der Waals surface area contributed by atoms with Crippen LogP contribution in [0.1, 0.15) is 18.2 Å². The number of rotatable bonds is 7. The van der Waals surface area contributed by atoms with Gasteiger partial charge in [0.15, 0.2) is 12.4 Å². The molecule has 1 aromatic carbocycles. The normalized spacial score (nSPS) is 13.5. The number of nitrogens with zero attached hydrogens (tertiary/aromatic N) is 2. The number of hydrogen-bond acceptors (Lipinski definition) is 7. The predicted octanol–water partition coefficient (Wildman–Crippen LogP) is 2.29. The van der Waals surface area contributed by atoms with E-state index in [0.717, 1.165) is 19.2 Å². The van der Waals surface area contributed by atoms with Crippen molar-refractivity contribution in [3.8, 4) is 11.4 Å². The molecule has 1 N–H and O–H groups in total. The summed E-state index contributed by atoms with van der Waals surface area (Å²) in [5.41, 5.74) is -4.59. The molecule has 13 heteroatoms. The van der Waals surface area contributed by atoms with Gasteiger partial charge in [-0.25, -0.2) is 18.5 Å². The molecular formula is C22H21F4N3O6.